The molecule has 3 aromatic carbocycles. The quantitative estimate of drug-likeness (QED) is 0.214. The number of aryl methyl sites for hydroxylation is 2. The average molecular weight is 400 g/mol. The molecule has 0 fully saturated rings. The first-order valence-electron chi connectivity index (χ1n) is 9.10. The molecule has 126 valence electrons. The molecule has 1 aliphatic carbocycles. The van der Waals surface area contributed by atoms with Gasteiger partial charge in [0, 0.05) is 22.6 Å². The van der Waals surface area contributed by atoms with Gasteiger partial charge in [0.25, 0.3) is 0 Å². The largest absolute Gasteiger partial charge is 1.00 e. The molecule has 0 N–H and O–H groups in total. The second-order valence-electron chi connectivity index (χ2n) is 7.13. The predicted molar refractivity (Wildman–Crippen MR) is 104 cm³/mol. The van der Waals surface area contributed by atoms with Crippen molar-refractivity contribution in [1.29, 1.82) is 0 Å². The molecule has 0 saturated heterocycles. The number of benzene rings is 3. The fraction of sp³-hybridized carbons (Fsp3) is 0.125. The van der Waals surface area contributed by atoms with Gasteiger partial charge in [-0.05, 0) is 46.9 Å². The summed E-state index contributed by atoms with van der Waals surface area (Å²) in [5.74, 6) is 0. The van der Waals surface area contributed by atoms with Gasteiger partial charge in [-0.2, -0.15) is 4.40 Å². The molecule has 2 heteroatoms. The van der Waals surface area contributed by atoms with Crippen molar-refractivity contribution >= 4 is 37.8 Å². The van der Waals surface area contributed by atoms with E-state index in [0.29, 0.717) is 0 Å². The van der Waals surface area contributed by atoms with Crippen LogP contribution in [0.3, 0.4) is 0 Å². The standard InChI is InChI=1S/C24H18N.BrH/c1-2-11-19-17(9-1)18-10-3-4-12-20(18)23-21-13-5-7-16-8-6-14-25(24(16)21)15-22(19)23;/h1-4,6,8-12,14-15H,5,7,13H2;1H/q+1;/p-1. The number of nitrogens with zero attached hydrogens (tertiary/aromatic N) is 1. The van der Waals surface area contributed by atoms with E-state index in [2.05, 4.69) is 77.5 Å². The van der Waals surface area contributed by atoms with Gasteiger partial charge in [-0.1, -0.05) is 48.5 Å². The number of hydrogen-bond donors (Lipinski definition) is 0. The van der Waals surface area contributed by atoms with Crippen LogP contribution in [0.5, 0.6) is 0 Å². The zero-order chi connectivity index (χ0) is 16.4. The summed E-state index contributed by atoms with van der Waals surface area (Å²) in [6.07, 6.45) is 8.15. The highest BCUT2D eigenvalue weighted by Crippen LogP contribution is 2.38. The van der Waals surface area contributed by atoms with E-state index in [1.165, 1.54) is 68.2 Å². The normalized spacial score (nSPS) is 13.4. The molecule has 0 unspecified atom stereocenters. The first-order valence-corrected chi connectivity index (χ1v) is 9.10. The Labute approximate surface area is 162 Å². The van der Waals surface area contributed by atoms with Crippen LogP contribution < -0.4 is 21.4 Å². The predicted octanol–water partition coefficient (Wildman–Crippen LogP) is 2.38. The van der Waals surface area contributed by atoms with E-state index in [0.717, 1.165) is 0 Å². The Morgan fingerprint density at radius 2 is 1.31 bits per heavy atom. The second kappa shape index (κ2) is 5.78. The number of pyridine rings is 2. The average Bonchev–Trinajstić information content (AvgIpc) is 2.68. The molecule has 26 heavy (non-hydrogen) atoms. The molecule has 0 saturated carbocycles. The third kappa shape index (κ3) is 1.99. The Bertz CT molecular complexity index is 1320. The number of rotatable bonds is 0. The molecule has 6 rings (SSSR count). The van der Waals surface area contributed by atoms with Crippen LogP contribution >= 0.6 is 0 Å². The van der Waals surface area contributed by atoms with Crippen molar-refractivity contribution in [2.24, 2.45) is 0 Å². The summed E-state index contributed by atoms with van der Waals surface area (Å²) in [5, 5.41) is 8.31. The summed E-state index contributed by atoms with van der Waals surface area (Å²) in [6, 6.07) is 22.2. The summed E-state index contributed by atoms with van der Waals surface area (Å²) in [7, 11) is 0. The smallest absolute Gasteiger partial charge is 0.217 e. The Morgan fingerprint density at radius 3 is 2.08 bits per heavy atom. The number of aromatic nitrogens is 1. The van der Waals surface area contributed by atoms with Gasteiger partial charge in [-0.3, -0.25) is 0 Å². The zero-order valence-corrected chi connectivity index (χ0v) is 16.0. The molecule has 0 bridgehead atoms. The van der Waals surface area contributed by atoms with Gasteiger partial charge in [0.1, 0.15) is 0 Å². The van der Waals surface area contributed by atoms with E-state index in [4.69, 9.17) is 0 Å². The summed E-state index contributed by atoms with van der Waals surface area (Å²) in [6.45, 7) is 0. The van der Waals surface area contributed by atoms with Crippen LogP contribution in [0.2, 0.25) is 0 Å². The molecule has 0 spiro atoms. The molecular weight excluding hydrogens is 382 g/mol. The van der Waals surface area contributed by atoms with Crippen LogP contribution in [-0.4, -0.2) is 0 Å². The zero-order valence-electron chi connectivity index (χ0n) is 14.4. The van der Waals surface area contributed by atoms with Crippen LogP contribution in [0.1, 0.15) is 17.5 Å². The fourth-order valence-corrected chi connectivity index (χ4v) is 4.81. The van der Waals surface area contributed by atoms with Crippen LogP contribution in [-0.2, 0) is 12.8 Å². The molecule has 2 heterocycles. The Morgan fingerprint density at radius 1 is 0.654 bits per heavy atom. The van der Waals surface area contributed by atoms with Crippen molar-refractivity contribution in [2.45, 2.75) is 19.3 Å². The van der Waals surface area contributed by atoms with E-state index >= 15 is 0 Å². The van der Waals surface area contributed by atoms with Crippen molar-refractivity contribution in [1.82, 2.24) is 0 Å². The van der Waals surface area contributed by atoms with Crippen molar-refractivity contribution < 1.29 is 21.4 Å². The van der Waals surface area contributed by atoms with E-state index in [1.54, 1.807) is 0 Å². The van der Waals surface area contributed by atoms with Crippen LogP contribution in [0.4, 0.5) is 0 Å². The van der Waals surface area contributed by atoms with Gasteiger partial charge in [-0.15, -0.1) is 0 Å². The molecular formula is C24H18BrN. The third-order valence-electron chi connectivity index (χ3n) is 5.81. The maximum absolute atomic E-state index is 2.35. The van der Waals surface area contributed by atoms with Crippen molar-refractivity contribution in [3.63, 3.8) is 0 Å². The minimum absolute atomic E-state index is 0. The highest BCUT2D eigenvalue weighted by Gasteiger charge is 2.24. The summed E-state index contributed by atoms with van der Waals surface area (Å²) in [5.41, 5.74) is 4.45. The first-order chi connectivity index (χ1) is 12.4. The summed E-state index contributed by atoms with van der Waals surface area (Å²) in [4.78, 5) is 0. The Kier molecular flexibility index (Phi) is 3.51. The van der Waals surface area contributed by atoms with E-state index in [1.807, 2.05) is 0 Å². The highest BCUT2D eigenvalue weighted by atomic mass is 79.9. The second-order valence-corrected chi connectivity index (χ2v) is 7.13. The molecule has 0 radical (unpaired) electrons. The van der Waals surface area contributed by atoms with Gasteiger partial charge in [0.15, 0.2) is 12.4 Å². The number of halogens is 1. The first kappa shape index (κ1) is 15.8. The van der Waals surface area contributed by atoms with Crippen molar-refractivity contribution in [2.75, 3.05) is 0 Å². The summed E-state index contributed by atoms with van der Waals surface area (Å²) < 4.78 is 2.35. The third-order valence-corrected chi connectivity index (χ3v) is 5.81. The Balaban J connectivity index is 0.00000150. The lowest BCUT2D eigenvalue weighted by atomic mass is 9.87. The van der Waals surface area contributed by atoms with E-state index in [-0.39, 0.29) is 17.0 Å². The number of fused-ring (bicyclic) bond motifs is 7. The van der Waals surface area contributed by atoms with Crippen molar-refractivity contribution in [3.05, 3.63) is 84.2 Å². The van der Waals surface area contributed by atoms with Crippen LogP contribution in [0.25, 0.3) is 37.8 Å². The lowest BCUT2D eigenvalue weighted by molar-refractivity contribution is -0.511. The minimum atomic E-state index is 0. The van der Waals surface area contributed by atoms with E-state index in [9.17, 15) is 0 Å². The maximum atomic E-state index is 2.35. The van der Waals surface area contributed by atoms with Gasteiger partial charge in [0.2, 0.25) is 5.52 Å². The maximum Gasteiger partial charge on any atom is 0.217 e. The molecule has 1 nitrogen and oxygen atoms in total. The van der Waals surface area contributed by atoms with Crippen LogP contribution in [0.15, 0.2) is 73.1 Å². The van der Waals surface area contributed by atoms with Gasteiger partial charge in [0.05, 0.1) is 5.39 Å². The lowest BCUT2D eigenvalue weighted by Crippen LogP contribution is -3.00. The summed E-state index contributed by atoms with van der Waals surface area (Å²) >= 11 is 0. The molecule has 0 amide bonds. The van der Waals surface area contributed by atoms with Crippen molar-refractivity contribution in [3.8, 4) is 0 Å². The molecule has 2 aromatic heterocycles. The Hall–Kier alpha value is -2.45. The van der Waals surface area contributed by atoms with Gasteiger partial charge >= 0.3 is 0 Å². The molecule has 0 atom stereocenters. The molecule has 1 aliphatic rings. The fourth-order valence-electron chi connectivity index (χ4n) is 4.81. The topological polar surface area (TPSA) is 4.10 Å². The monoisotopic (exact) mass is 399 g/mol. The molecule has 5 aromatic rings. The minimum Gasteiger partial charge on any atom is -1.00 e. The highest BCUT2D eigenvalue weighted by molar-refractivity contribution is 6.26. The molecule has 0 aliphatic heterocycles. The van der Waals surface area contributed by atoms with Crippen LogP contribution in [0, 0.1) is 0 Å². The SMILES string of the molecule is [Br-].c1ccc2c(c1)c1ccccc1c1c3c4c(ccc[n+]4cc21)CCC3. The van der Waals surface area contributed by atoms with Gasteiger partial charge < -0.3 is 17.0 Å². The van der Waals surface area contributed by atoms with Gasteiger partial charge in [-0.25, -0.2) is 0 Å². The number of hydrogen-bond acceptors (Lipinski definition) is 0. The lowest BCUT2D eigenvalue weighted by Gasteiger charge is -2.17. The van der Waals surface area contributed by atoms with E-state index < -0.39 is 0 Å².